The van der Waals surface area contributed by atoms with Crippen molar-refractivity contribution in [3.63, 3.8) is 0 Å². The minimum absolute atomic E-state index is 0.113. The van der Waals surface area contributed by atoms with Gasteiger partial charge in [0.25, 0.3) is 0 Å². The molecule has 0 spiro atoms. The molecule has 3 aromatic rings. The van der Waals surface area contributed by atoms with E-state index in [0.717, 1.165) is 27.7 Å². The molecule has 1 aliphatic heterocycles. The summed E-state index contributed by atoms with van der Waals surface area (Å²) in [5.41, 5.74) is 2.45. The molecular weight excluding hydrogens is 315 g/mol. The van der Waals surface area contributed by atoms with Crippen molar-refractivity contribution in [1.82, 2.24) is 0 Å². The third kappa shape index (κ3) is 3.48. The Morgan fingerprint density at radius 1 is 1.08 bits per heavy atom. The van der Waals surface area contributed by atoms with Gasteiger partial charge in [-0.2, -0.15) is 0 Å². The lowest BCUT2D eigenvalue weighted by molar-refractivity contribution is -0.116. The first-order valence-electron chi connectivity index (χ1n) is 8.54. The van der Waals surface area contributed by atoms with Crippen LogP contribution in [0.1, 0.15) is 19.4 Å². The van der Waals surface area contributed by atoms with E-state index in [1.165, 1.54) is 12.1 Å². The van der Waals surface area contributed by atoms with Gasteiger partial charge in [0, 0.05) is 23.2 Å². The van der Waals surface area contributed by atoms with Gasteiger partial charge in [0.15, 0.2) is 0 Å². The Balaban J connectivity index is 0.000000880. The molecule has 0 saturated heterocycles. The van der Waals surface area contributed by atoms with Gasteiger partial charge >= 0.3 is 0 Å². The summed E-state index contributed by atoms with van der Waals surface area (Å²) >= 11 is 0. The van der Waals surface area contributed by atoms with Crippen LogP contribution < -0.4 is 10.6 Å². The number of benzene rings is 3. The molecule has 25 heavy (non-hydrogen) atoms. The highest BCUT2D eigenvalue weighted by Crippen LogP contribution is 2.28. The Hall–Kier alpha value is -2.88. The van der Waals surface area contributed by atoms with Gasteiger partial charge in [0.2, 0.25) is 5.91 Å². The smallest absolute Gasteiger partial charge is 0.247 e. The third-order valence-electron chi connectivity index (χ3n) is 4.19. The number of carbonyl (C=O) groups excluding carboxylic acids is 1. The van der Waals surface area contributed by atoms with Gasteiger partial charge in [-0.3, -0.25) is 4.79 Å². The Bertz CT molecular complexity index is 902. The van der Waals surface area contributed by atoms with Gasteiger partial charge in [-0.25, -0.2) is 4.39 Å². The molecule has 0 bridgehead atoms. The first kappa shape index (κ1) is 17.0. The molecule has 3 nitrogen and oxygen atoms in total. The van der Waals surface area contributed by atoms with Crippen LogP contribution in [0.25, 0.3) is 10.8 Å². The quantitative estimate of drug-likeness (QED) is 0.693. The molecule has 0 radical (unpaired) electrons. The first-order valence-corrected chi connectivity index (χ1v) is 8.54. The van der Waals surface area contributed by atoms with Crippen LogP contribution in [0.4, 0.5) is 15.8 Å². The molecule has 0 saturated carbocycles. The summed E-state index contributed by atoms with van der Waals surface area (Å²) < 4.78 is 13.3. The van der Waals surface area contributed by atoms with Crippen LogP contribution in [-0.4, -0.2) is 11.9 Å². The maximum absolute atomic E-state index is 13.3. The van der Waals surface area contributed by atoms with E-state index in [1.54, 1.807) is 6.07 Å². The molecule has 0 aromatic heterocycles. The van der Waals surface area contributed by atoms with Crippen LogP contribution in [0.15, 0.2) is 60.7 Å². The summed E-state index contributed by atoms with van der Waals surface area (Å²) in [6.07, 6.45) is 0.490. The monoisotopic (exact) mass is 336 g/mol. The molecule has 0 fully saturated rings. The van der Waals surface area contributed by atoms with E-state index in [2.05, 4.69) is 10.6 Å². The first-order chi connectivity index (χ1) is 12.2. The van der Waals surface area contributed by atoms with Gasteiger partial charge in [-0.1, -0.05) is 50.2 Å². The van der Waals surface area contributed by atoms with Gasteiger partial charge < -0.3 is 10.6 Å². The Morgan fingerprint density at radius 2 is 1.84 bits per heavy atom. The topological polar surface area (TPSA) is 41.1 Å². The standard InChI is InChI=1S/C19H15FN2O.C2H6/c20-14-8-9-16-13(10-14)11-18(21-16)19(23)22-17-7-3-5-12-4-1-2-6-15(12)17;1-2/h1-10,18,21H,11H2,(H,22,23);1-2H3. The maximum Gasteiger partial charge on any atom is 0.247 e. The van der Waals surface area contributed by atoms with Crippen LogP contribution in [0.3, 0.4) is 0 Å². The van der Waals surface area contributed by atoms with Crippen molar-refractivity contribution in [1.29, 1.82) is 0 Å². The van der Waals surface area contributed by atoms with E-state index in [1.807, 2.05) is 56.3 Å². The number of nitrogens with one attached hydrogen (secondary N) is 2. The fourth-order valence-electron chi connectivity index (χ4n) is 3.04. The fraction of sp³-hybridized carbons (Fsp3) is 0.190. The van der Waals surface area contributed by atoms with Crippen molar-refractivity contribution in [3.8, 4) is 0 Å². The van der Waals surface area contributed by atoms with Crippen molar-refractivity contribution in [2.75, 3.05) is 10.6 Å². The molecular formula is C21H21FN2O. The second-order valence-electron chi connectivity index (χ2n) is 5.72. The second kappa shape index (κ2) is 7.34. The van der Waals surface area contributed by atoms with Crippen molar-refractivity contribution in [2.24, 2.45) is 0 Å². The van der Waals surface area contributed by atoms with E-state index in [4.69, 9.17) is 0 Å². The molecule has 4 rings (SSSR count). The average molecular weight is 336 g/mol. The summed E-state index contributed by atoms with van der Waals surface area (Å²) in [4.78, 5) is 12.5. The van der Waals surface area contributed by atoms with Gasteiger partial charge in [-0.15, -0.1) is 0 Å². The SMILES string of the molecule is CC.O=C(Nc1cccc2ccccc12)C1Cc2cc(F)ccc2N1. The fourth-order valence-corrected chi connectivity index (χ4v) is 3.04. The van der Waals surface area contributed by atoms with Gasteiger partial charge in [0.1, 0.15) is 11.9 Å². The minimum Gasteiger partial charge on any atom is -0.373 e. The second-order valence-corrected chi connectivity index (χ2v) is 5.72. The number of fused-ring (bicyclic) bond motifs is 2. The zero-order valence-corrected chi connectivity index (χ0v) is 14.3. The maximum atomic E-state index is 13.3. The van der Waals surface area contributed by atoms with Crippen LogP contribution in [0, 0.1) is 5.82 Å². The summed E-state index contributed by atoms with van der Waals surface area (Å²) in [5.74, 6) is -0.390. The van der Waals surface area contributed by atoms with Gasteiger partial charge in [-0.05, 0) is 35.2 Å². The van der Waals surface area contributed by atoms with Crippen molar-refractivity contribution < 1.29 is 9.18 Å². The number of carbonyl (C=O) groups is 1. The van der Waals surface area contributed by atoms with E-state index in [9.17, 15) is 9.18 Å². The van der Waals surface area contributed by atoms with Crippen molar-refractivity contribution >= 4 is 28.1 Å². The Kier molecular flexibility index (Phi) is 4.98. The summed E-state index contributed by atoms with van der Waals surface area (Å²) in [6.45, 7) is 4.00. The zero-order valence-electron chi connectivity index (χ0n) is 14.3. The number of halogens is 1. The summed E-state index contributed by atoms with van der Waals surface area (Å²) in [7, 11) is 0. The molecule has 4 heteroatoms. The summed E-state index contributed by atoms with van der Waals surface area (Å²) in [5, 5.41) is 8.22. The van der Waals surface area contributed by atoms with E-state index >= 15 is 0 Å². The third-order valence-corrected chi connectivity index (χ3v) is 4.19. The predicted molar refractivity (Wildman–Crippen MR) is 101 cm³/mol. The number of hydrogen-bond donors (Lipinski definition) is 2. The molecule has 128 valence electrons. The molecule has 1 heterocycles. The predicted octanol–water partition coefficient (Wildman–Crippen LogP) is 4.98. The molecule has 1 aliphatic rings. The van der Waals surface area contributed by atoms with Crippen molar-refractivity contribution in [2.45, 2.75) is 26.3 Å². The molecule has 1 amide bonds. The number of anilines is 2. The Morgan fingerprint density at radius 3 is 2.68 bits per heavy atom. The zero-order chi connectivity index (χ0) is 17.8. The molecule has 2 N–H and O–H groups in total. The Labute approximate surface area is 146 Å². The van der Waals surface area contributed by atoms with E-state index in [-0.39, 0.29) is 17.8 Å². The number of hydrogen-bond acceptors (Lipinski definition) is 2. The van der Waals surface area contributed by atoms with Gasteiger partial charge in [0.05, 0.1) is 0 Å². The molecule has 3 aromatic carbocycles. The lowest BCUT2D eigenvalue weighted by Crippen LogP contribution is -2.32. The number of amides is 1. The number of rotatable bonds is 2. The highest BCUT2D eigenvalue weighted by Gasteiger charge is 2.27. The summed E-state index contributed by atoms with van der Waals surface area (Å²) in [6, 6.07) is 17.9. The van der Waals surface area contributed by atoms with Crippen LogP contribution in [-0.2, 0) is 11.2 Å². The lowest BCUT2D eigenvalue weighted by Gasteiger charge is -2.13. The average Bonchev–Trinajstić information content (AvgIpc) is 3.07. The highest BCUT2D eigenvalue weighted by atomic mass is 19.1. The highest BCUT2D eigenvalue weighted by molar-refractivity contribution is 6.05. The van der Waals surface area contributed by atoms with Crippen LogP contribution >= 0.6 is 0 Å². The normalized spacial score (nSPS) is 14.9. The van der Waals surface area contributed by atoms with E-state index in [0.29, 0.717) is 6.42 Å². The largest absolute Gasteiger partial charge is 0.373 e. The van der Waals surface area contributed by atoms with Crippen molar-refractivity contribution in [3.05, 3.63) is 72.0 Å². The minimum atomic E-state index is -0.384. The van der Waals surface area contributed by atoms with Crippen LogP contribution in [0.5, 0.6) is 0 Å². The molecule has 0 aliphatic carbocycles. The molecule has 1 unspecified atom stereocenters. The van der Waals surface area contributed by atoms with Crippen LogP contribution in [0.2, 0.25) is 0 Å². The molecule has 1 atom stereocenters. The lowest BCUT2D eigenvalue weighted by atomic mass is 10.1. The van der Waals surface area contributed by atoms with E-state index < -0.39 is 0 Å².